The van der Waals surface area contributed by atoms with Gasteiger partial charge in [0.15, 0.2) is 0 Å². The van der Waals surface area contributed by atoms with Crippen LogP contribution in [0.5, 0.6) is 5.75 Å². The normalized spacial score (nSPS) is 10.5. The molecule has 0 aromatic heterocycles. The van der Waals surface area contributed by atoms with E-state index in [9.17, 15) is 13.2 Å². The number of hydrogen-bond donors (Lipinski definition) is 0. The minimum atomic E-state index is -4.64. The van der Waals surface area contributed by atoms with E-state index in [1.807, 2.05) is 0 Å². The first-order valence-electron chi connectivity index (χ1n) is 2.99. The summed E-state index contributed by atoms with van der Waals surface area (Å²) in [4.78, 5) is 0. The molecule has 0 radical (unpaired) electrons. The molecule has 0 saturated heterocycles. The SMILES string of the molecule is FC(F)(F)Oc1ccccc1Br.[H-].[H-].[Mg+2]. The molecule has 1 aromatic rings. The molecule has 0 atom stereocenters. The van der Waals surface area contributed by atoms with E-state index in [1.165, 1.54) is 18.2 Å². The van der Waals surface area contributed by atoms with Crippen molar-refractivity contribution in [1.82, 2.24) is 0 Å². The average Bonchev–Trinajstić information content (AvgIpc) is 1.91. The van der Waals surface area contributed by atoms with Gasteiger partial charge in [-0.25, -0.2) is 0 Å². The van der Waals surface area contributed by atoms with Gasteiger partial charge in [0.1, 0.15) is 5.75 Å². The quantitative estimate of drug-likeness (QED) is 0.710. The van der Waals surface area contributed by atoms with Crippen molar-refractivity contribution < 1.29 is 20.8 Å². The molecule has 0 spiro atoms. The van der Waals surface area contributed by atoms with Crippen LogP contribution in [0.1, 0.15) is 2.85 Å². The molecule has 0 saturated carbocycles. The number of halogens is 4. The Hall–Kier alpha value is 0.0562. The molecule has 0 aliphatic carbocycles. The number of alkyl halides is 3. The fourth-order valence-electron chi connectivity index (χ4n) is 0.652. The number of hydrogen-bond acceptors (Lipinski definition) is 1. The van der Waals surface area contributed by atoms with Gasteiger partial charge >= 0.3 is 29.4 Å². The Morgan fingerprint density at radius 3 is 2.23 bits per heavy atom. The van der Waals surface area contributed by atoms with Crippen LogP contribution in [0.15, 0.2) is 28.7 Å². The van der Waals surface area contributed by atoms with E-state index < -0.39 is 6.36 Å². The van der Waals surface area contributed by atoms with Gasteiger partial charge in [0.25, 0.3) is 0 Å². The Morgan fingerprint density at radius 2 is 1.77 bits per heavy atom. The van der Waals surface area contributed by atoms with E-state index in [0.717, 1.165) is 0 Å². The molecule has 6 heteroatoms. The van der Waals surface area contributed by atoms with E-state index in [1.54, 1.807) is 6.07 Å². The maximum Gasteiger partial charge on any atom is 2.00 e. The maximum absolute atomic E-state index is 11.7. The molecule has 0 unspecified atom stereocenters. The van der Waals surface area contributed by atoms with Crippen molar-refractivity contribution in [3.63, 3.8) is 0 Å². The number of para-hydroxylation sites is 1. The predicted octanol–water partition coefficient (Wildman–Crippen LogP) is 3.19. The number of benzene rings is 1. The van der Waals surface area contributed by atoms with Gasteiger partial charge in [-0.2, -0.15) is 0 Å². The van der Waals surface area contributed by atoms with E-state index in [4.69, 9.17) is 0 Å². The fraction of sp³-hybridized carbons (Fsp3) is 0.143. The van der Waals surface area contributed by atoms with Crippen molar-refractivity contribution in [2.24, 2.45) is 0 Å². The standard InChI is InChI=1S/C7H4BrF3O.Mg.2H/c8-5-3-1-2-4-6(5)12-7(9,10)11;;;/h1-4H;;;/q;+2;2*-1. The van der Waals surface area contributed by atoms with E-state index in [-0.39, 0.29) is 36.1 Å². The molecule has 0 heterocycles. The van der Waals surface area contributed by atoms with Crippen molar-refractivity contribution in [2.45, 2.75) is 6.36 Å². The molecule has 0 aliphatic heterocycles. The molecule has 0 bridgehead atoms. The molecule has 1 nitrogen and oxygen atoms in total. The minimum absolute atomic E-state index is 0. The third-order valence-electron chi connectivity index (χ3n) is 1.06. The van der Waals surface area contributed by atoms with E-state index in [2.05, 4.69) is 20.7 Å². The monoisotopic (exact) mass is 266 g/mol. The van der Waals surface area contributed by atoms with Gasteiger partial charge in [0.05, 0.1) is 4.47 Å². The van der Waals surface area contributed by atoms with Crippen molar-refractivity contribution in [3.05, 3.63) is 28.7 Å². The molecular weight excluding hydrogens is 261 g/mol. The molecule has 0 amide bonds. The molecule has 0 aliphatic rings. The smallest absolute Gasteiger partial charge is 1.00 e. The third kappa shape index (κ3) is 4.73. The van der Waals surface area contributed by atoms with Crippen LogP contribution in [0.2, 0.25) is 0 Å². The summed E-state index contributed by atoms with van der Waals surface area (Å²) in [5.41, 5.74) is 0. The van der Waals surface area contributed by atoms with Crippen LogP contribution in [0.25, 0.3) is 0 Å². The average molecular weight is 267 g/mol. The Bertz CT molecular complexity index is 285. The third-order valence-corrected chi connectivity index (χ3v) is 1.72. The van der Waals surface area contributed by atoms with Gasteiger partial charge in [-0.05, 0) is 28.1 Å². The zero-order chi connectivity index (χ0) is 9.19. The summed E-state index contributed by atoms with van der Waals surface area (Å²) in [5.74, 6) is -0.231. The van der Waals surface area contributed by atoms with Crippen molar-refractivity contribution in [1.29, 1.82) is 0 Å². The first-order valence-corrected chi connectivity index (χ1v) is 3.78. The molecule has 1 aromatic carbocycles. The predicted molar refractivity (Wildman–Crippen MR) is 48.8 cm³/mol. The van der Waals surface area contributed by atoms with Crippen LogP contribution < -0.4 is 4.74 Å². The number of ether oxygens (including phenoxy) is 1. The van der Waals surface area contributed by atoms with Crippen molar-refractivity contribution in [2.75, 3.05) is 0 Å². The minimum Gasteiger partial charge on any atom is -1.00 e. The Morgan fingerprint density at radius 1 is 1.23 bits per heavy atom. The molecule has 70 valence electrons. The maximum atomic E-state index is 11.7. The summed E-state index contributed by atoms with van der Waals surface area (Å²) < 4.78 is 39.0. The number of rotatable bonds is 1. The Labute approximate surface area is 101 Å². The second-order valence-electron chi connectivity index (χ2n) is 1.98. The fourth-order valence-corrected chi connectivity index (χ4v) is 1.02. The second-order valence-corrected chi connectivity index (χ2v) is 2.83. The summed E-state index contributed by atoms with van der Waals surface area (Å²) in [6, 6.07) is 5.78. The molecule has 0 N–H and O–H groups in total. The summed E-state index contributed by atoms with van der Waals surface area (Å²) in [5, 5.41) is 0. The largest absolute Gasteiger partial charge is 2.00 e. The van der Waals surface area contributed by atoms with Crippen molar-refractivity contribution >= 4 is 39.0 Å². The van der Waals surface area contributed by atoms with Crippen LogP contribution >= 0.6 is 15.9 Å². The van der Waals surface area contributed by atoms with Crippen molar-refractivity contribution in [3.8, 4) is 5.75 Å². The summed E-state index contributed by atoms with van der Waals surface area (Å²) in [6.07, 6.45) is -4.64. The second kappa shape index (κ2) is 5.07. The topological polar surface area (TPSA) is 9.23 Å². The van der Waals surface area contributed by atoms with Gasteiger partial charge in [-0.1, -0.05) is 12.1 Å². The zero-order valence-corrected chi connectivity index (χ0v) is 9.44. The summed E-state index contributed by atoms with van der Waals surface area (Å²) in [7, 11) is 0. The van der Waals surface area contributed by atoms with E-state index in [0.29, 0.717) is 0 Å². The molecule has 0 fully saturated rings. The van der Waals surface area contributed by atoms with Crippen LogP contribution in [0.3, 0.4) is 0 Å². The first kappa shape index (κ1) is 13.1. The summed E-state index contributed by atoms with van der Waals surface area (Å²) in [6.45, 7) is 0. The molecule has 13 heavy (non-hydrogen) atoms. The first-order chi connectivity index (χ1) is 5.49. The van der Waals surface area contributed by atoms with Crippen LogP contribution in [0.4, 0.5) is 13.2 Å². The van der Waals surface area contributed by atoms with Crippen LogP contribution in [-0.4, -0.2) is 29.4 Å². The van der Waals surface area contributed by atoms with Crippen LogP contribution in [-0.2, 0) is 0 Å². The molecule has 1 rings (SSSR count). The molecular formula is C7H6BrF3MgO. The Balaban J connectivity index is -0.000000480. The van der Waals surface area contributed by atoms with E-state index >= 15 is 0 Å². The van der Waals surface area contributed by atoms with Gasteiger partial charge in [-0.3, -0.25) is 0 Å². The van der Waals surface area contributed by atoms with Gasteiger partial charge in [0.2, 0.25) is 0 Å². The van der Waals surface area contributed by atoms with Gasteiger partial charge in [-0.15, -0.1) is 13.2 Å². The van der Waals surface area contributed by atoms with Gasteiger partial charge in [0, 0.05) is 0 Å². The Kier molecular flexibility index (Phi) is 5.09. The zero-order valence-electron chi connectivity index (χ0n) is 8.44. The summed E-state index contributed by atoms with van der Waals surface area (Å²) >= 11 is 2.92. The van der Waals surface area contributed by atoms with Gasteiger partial charge < -0.3 is 7.59 Å². The van der Waals surface area contributed by atoms with Crippen LogP contribution in [0, 0.1) is 0 Å².